The second-order valence-corrected chi connectivity index (χ2v) is 6.67. The Morgan fingerprint density at radius 1 is 1.14 bits per heavy atom. The smallest absolute Gasteiger partial charge is 0.343 e. The Bertz CT molecular complexity index is 1040. The summed E-state index contributed by atoms with van der Waals surface area (Å²) < 4.78 is 5.64. The maximum absolute atomic E-state index is 12.5. The van der Waals surface area contributed by atoms with Crippen LogP contribution < -0.4 is 15.5 Å². The molecule has 7 heteroatoms. The standard InChI is InChI=1S/C21H18ClN3O2S/c1-2-23-21(28)25-24-13-18-17-6-4-3-5-14(17)9-12-19(18)27-20(26)15-7-10-16(22)11-8-15/h3-13H,2H2,1H3,(H2,23,25,28). The third-order valence-corrected chi connectivity index (χ3v) is 4.40. The molecule has 0 saturated carbocycles. The van der Waals surface area contributed by atoms with Crippen LogP contribution in [0, 0.1) is 0 Å². The van der Waals surface area contributed by atoms with Crippen molar-refractivity contribution in [2.45, 2.75) is 6.92 Å². The van der Waals surface area contributed by atoms with Crippen LogP contribution in [0.3, 0.4) is 0 Å². The fraction of sp³-hybridized carbons (Fsp3) is 0.0952. The minimum atomic E-state index is -0.474. The van der Waals surface area contributed by atoms with Gasteiger partial charge in [-0.15, -0.1) is 0 Å². The van der Waals surface area contributed by atoms with Crippen LogP contribution in [0.4, 0.5) is 0 Å². The number of rotatable bonds is 5. The number of carbonyl (C=O) groups excluding carboxylic acids is 1. The van der Waals surface area contributed by atoms with Gasteiger partial charge in [-0.2, -0.15) is 5.10 Å². The van der Waals surface area contributed by atoms with E-state index in [0.29, 0.717) is 33.6 Å². The van der Waals surface area contributed by atoms with Gasteiger partial charge in [-0.05, 0) is 60.2 Å². The van der Waals surface area contributed by atoms with Gasteiger partial charge >= 0.3 is 5.97 Å². The van der Waals surface area contributed by atoms with Crippen molar-refractivity contribution in [2.24, 2.45) is 5.10 Å². The number of benzene rings is 3. The molecule has 0 unspecified atom stereocenters. The number of hydrogen-bond acceptors (Lipinski definition) is 4. The number of hydrogen-bond donors (Lipinski definition) is 2. The van der Waals surface area contributed by atoms with Crippen molar-refractivity contribution in [3.8, 4) is 5.75 Å². The van der Waals surface area contributed by atoms with E-state index in [9.17, 15) is 4.79 Å². The Labute approximate surface area is 173 Å². The summed E-state index contributed by atoms with van der Waals surface area (Å²) in [5.41, 5.74) is 3.83. The van der Waals surface area contributed by atoms with Crippen LogP contribution in [0.15, 0.2) is 65.8 Å². The maximum atomic E-state index is 12.5. The molecule has 28 heavy (non-hydrogen) atoms. The highest BCUT2D eigenvalue weighted by molar-refractivity contribution is 7.80. The lowest BCUT2D eigenvalue weighted by Gasteiger charge is -2.11. The highest BCUT2D eigenvalue weighted by Crippen LogP contribution is 2.27. The van der Waals surface area contributed by atoms with Crippen LogP contribution in [0.1, 0.15) is 22.8 Å². The van der Waals surface area contributed by atoms with Gasteiger partial charge < -0.3 is 10.1 Å². The van der Waals surface area contributed by atoms with Crippen molar-refractivity contribution in [1.29, 1.82) is 0 Å². The van der Waals surface area contributed by atoms with Crippen molar-refractivity contribution < 1.29 is 9.53 Å². The zero-order chi connectivity index (χ0) is 19.9. The fourth-order valence-corrected chi connectivity index (χ4v) is 2.92. The van der Waals surface area contributed by atoms with E-state index in [1.165, 1.54) is 0 Å². The summed E-state index contributed by atoms with van der Waals surface area (Å²) in [4.78, 5) is 12.5. The molecule has 2 N–H and O–H groups in total. The second-order valence-electron chi connectivity index (χ2n) is 5.82. The molecule has 0 aliphatic carbocycles. The summed E-state index contributed by atoms with van der Waals surface area (Å²) in [5, 5.41) is 10.0. The summed E-state index contributed by atoms with van der Waals surface area (Å²) in [7, 11) is 0. The monoisotopic (exact) mass is 411 g/mol. The number of nitrogens with zero attached hydrogens (tertiary/aromatic N) is 1. The molecule has 0 fully saturated rings. The molecule has 0 saturated heterocycles. The van der Waals surface area contributed by atoms with Crippen LogP contribution in [0.25, 0.3) is 10.8 Å². The number of halogens is 1. The predicted molar refractivity (Wildman–Crippen MR) is 117 cm³/mol. The molecule has 3 aromatic carbocycles. The molecule has 0 aliphatic heterocycles. The third-order valence-electron chi connectivity index (χ3n) is 3.91. The summed E-state index contributed by atoms with van der Waals surface area (Å²) in [5.74, 6) is -0.0729. The molecule has 3 rings (SSSR count). The number of fused-ring (bicyclic) bond motifs is 1. The largest absolute Gasteiger partial charge is 0.422 e. The molecule has 0 amide bonds. The highest BCUT2D eigenvalue weighted by Gasteiger charge is 2.13. The van der Waals surface area contributed by atoms with E-state index >= 15 is 0 Å². The van der Waals surface area contributed by atoms with Gasteiger partial charge in [-0.25, -0.2) is 4.79 Å². The molecular weight excluding hydrogens is 394 g/mol. The van der Waals surface area contributed by atoms with Crippen LogP contribution in [-0.4, -0.2) is 23.8 Å². The number of hydrazone groups is 1. The number of carbonyl (C=O) groups is 1. The summed E-state index contributed by atoms with van der Waals surface area (Å²) >= 11 is 11.0. The molecule has 5 nitrogen and oxygen atoms in total. The Balaban J connectivity index is 1.92. The van der Waals surface area contributed by atoms with Gasteiger partial charge in [-0.1, -0.05) is 41.9 Å². The molecule has 0 aromatic heterocycles. The Morgan fingerprint density at radius 2 is 1.89 bits per heavy atom. The first-order valence-electron chi connectivity index (χ1n) is 8.65. The molecule has 142 valence electrons. The van der Waals surface area contributed by atoms with Gasteiger partial charge in [0.05, 0.1) is 11.8 Å². The van der Waals surface area contributed by atoms with Crippen LogP contribution >= 0.6 is 23.8 Å². The average Bonchev–Trinajstić information content (AvgIpc) is 2.70. The third kappa shape index (κ3) is 4.85. The van der Waals surface area contributed by atoms with E-state index in [1.807, 2.05) is 37.3 Å². The van der Waals surface area contributed by atoms with E-state index in [4.69, 9.17) is 28.6 Å². The number of ether oxygens (including phenoxy) is 1. The SMILES string of the molecule is CCNC(=S)NN=Cc1c(OC(=O)c2ccc(Cl)cc2)ccc2ccccc12. The molecule has 3 aromatic rings. The summed E-state index contributed by atoms with van der Waals surface area (Å²) in [6.45, 7) is 2.64. The minimum absolute atomic E-state index is 0.401. The van der Waals surface area contributed by atoms with Crippen molar-refractivity contribution in [1.82, 2.24) is 10.7 Å². The Morgan fingerprint density at radius 3 is 2.64 bits per heavy atom. The van der Waals surface area contributed by atoms with E-state index in [2.05, 4.69) is 15.8 Å². The summed E-state index contributed by atoms with van der Waals surface area (Å²) in [6, 6.07) is 18.0. The lowest BCUT2D eigenvalue weighted by molar-refractivity contribution is 0.0735. The molecule has 0 bridgehead atoms. The molecule has 0 atom stereocenters. The van der Waals surface area contributed by atoms with Gasteiger partial charge in [0, 0.05) is 17.1 Å². The van der Waals surface area contributed by atoms with E-state index in [0.717, 1.165) is 10.8 Å². The van der Waals surface area contributed by atoms with Crippen molar-refractivity contribution in [3.05, 3.63) is 76.8 Å². The average molecular weight is 412 g/mol. The van der Waals surface area contributed by atoms with Gasteiger partial charge in [0.1, 0.15) is 5.75 Å². The first kappa shape index (κ1) is 19.8. The van der Waals surface area contributed by atoms with Gasteiger partial charge in [0.25, 0.3) is 0 Å². The molecular formula is C21H18ClN3O2S. The molecule has 0 spiro atoms. The van der Waals surface area contributed by atoms with Crippen molar-refractivity contribution >= 4 is 51.9 Å². The van der Waals surface area contributed by atoms with Crippen molar-refractivity contribution in [2.75, 3.05) is 6.54 Å². The quantitative estimate of drug-likeness (QED) is 0.212. The zero-order valence-corrected chi connectivity index (χ0v) is 16.7. The van der Waals surface area contributed by atoms with Gasteiger partial charge in [0.2, 0.25) is 0 Å². The van der Waals surface area contributed by atoms with E-state index in [1.54, 1.807) is 36.5 Å². The lowest BCUT2D eigenvalue weighted by atomic mass is 10.0. The molecule has 0 radical (unpaired) electrons. The summed E-state index contributed by atoms with van der Waals surface area (Å²) in [6.07, 6.45) is 1.59. The molecule has 0 heterocycles. The topological polar surface area (TPSA) is 62.7 Å². The van der Waals surface area contributed by atoms with Crippen molar-refractivity contribution in [3.63, 3.8) is 0 Å². The number of esters is 1. The first-order valence-corrected chi connectivity index (χ1v) is 9.43. The van der Waals surface area contributed by atoms with Gasteiger partial charge in [-0.3, -0.25) is 5.43 Å². The van der Waals surface area contributed by atoms with E-state index < -0.39 is 5.97 Å². The molecule has 0 aliphatic rings. The minimum Gasteiger partial charge on any atom is -0.422 e. The highest BCUT2D eigenvalue weighted by atomic mass is 35.5. The second kappa shape index (κ2) is 9.30. The van der Waals surface area contributed by atoms with Crippen LogP contribution in [0.5, 0.6) is 5.75 Å². The predicted octanol–water partition coefficient (Wildman–Crippen LogP) is 4.53. The maximum Gasteiger partial charge on any atom is 0.343 e. The van der Waals surface area contributed by atoms with Crippen LogP contribution in [0.2, 0.25) is 5.02 Å². The Hall–Kier alpha value is -2.96. The van der Waals surface area contributed by atoms with Crippen LogP contribution in [-0.2, 0) is 0 Å². The lowest BCUT2D eigenvalue weighted by Crippen LogP contribution is -2.31. The van der Waals surface area contributed by atoms with E-state index in [-0.39, 0.29) is 0 Å². The van der Waals surface area contributed by atoms with Gasteiger partial charge in [0.15, 0.2) is 5.11 Å². The zero-order valence-electron chi connectivity index (χ0n) is 15.1. The Kier molecular flexibility index (Phi) is 6.57. The fourth-order valence-electron chi connectivity index (χ4n) is 2.60. The first-order chi connectivity index (χ1) is 13.6. The normalized spacial score (nSPS) is 10.8. The number of nitrogens with one attached hydrogen (secondary N) is 2. The number of thiocarbonyl (C=S) groups is 1.